The lowest BCUT2D eigenvalue weighted by molar-refractivity contribution is -0.385. The van der Waals surface area contributed by atoms with Crippen LogP contribution in [0.1, 0.15) is 10.4 Å². The van der Waals surface area contributed by atoms with Crippen LogP contribution in [0.2, 0.25) is 0 Å². The van der Waals surface area contributed by atoms with Crippen LogP contribution in [0, 0.1) is 15.9 Å². The minimum Gasteiger partial charge on any atom is -0.477 e. The van der Waals surface area contributed by atoms with Crippen molar-refractivity contribution in [2.75, 3.05) is 30.5 Å². The predicted molar refractivity (Wildman–Crippen MR) is 73.0 cm³/mol. The lowest BCUT2D eigenvalue weighted by atomic mass is 10.1. The number of hydrogen-bond donors (Lipinski definition) is 1. The van der Waals surface area contributed by atoms with Gasteiger partial charge >= 0.3 is 5.97 Å². The van der Waals surface area contributed by atoms with Gasteiger partial charge in [-0.1, -0.05) is 0 Å². The van der Waals surface area contributed by atoms with Crippen LogP contribution in [-0.2, 0) is 9.84 Å². The molecule has 0 aliphatic heterocycles. The molecule has 0 spiro atoms. The van der Waals surface area contributed by atoms with Crippen molar-refractivity contribution in [1.82, 2.24) is 0 Å². The van der Waals surface area contributed by atoms with Gasteiger partial charge in [-0.25, -0.2) is 17.6 Å². The summed E-state index contributed by atoms with van der Waals surface area (Å²) < 4.78 is 36.0. The summed E-state index contributed by atoms with van der Waals surface area (Å²) in [6.07, 6.45) is 1.01. The molecule has 0 aromatic heterocycles. The molecule has 1 N–H and O–H groups in total. The lowest BCUT2D eigenvalue weighted by Crippen LogP contribution is -2.26. The molecule has 0 aliphatic rings. The van der Waals surface area contributed by atoms with Crippen LogP contribution in [0.15, 0.2) is 12.1 Å². The normalized spacial score (nSPS) is 11.2. The van der Waals surface area contributed by atoms with Gasteiger partial charge in [-0.05, 0) is 6.07 Å². The minimum atomic E-state index is -3.28. The summed E-state index contributed by atoms with van der Waals surface area (Å²) in [6.45, 7) is -0.0768. The van der Waals surface area contributed by atoms with Gasteiger partial charge in [0, 0.05) is 19.8 Å². The number of nitro benzene ring substituents is 1. The predicted octanol–water partition coefficient (Wildman–Crippen LogP) is 0.913. The number of carbonyl (C=O) groups is 1. The number of aromatic carboxylic acids is 1. The van der Waals surface area contributed by atoms with Crippen LogP contribution < -0.4 is 4.90 Å². The first-order chi connectivity index (χ1) is 9.53. The summed E-state index contributed by atoms with van der Waals surface area (Å²) in [7, 11) is -1.91. The van der Waals surface area contributed by atoms with Gasteiger partial charge in [0.1, 0.15) is 15.4 Å². The molecule has 0 saturated carbocycles. The Kier molecular flexibility index (Phi) is 4.84. The molecule has 21 heavy (non-hydrogen) atoms. The van der Waals surface area contributed by atoms with Crippen LogP contribution in [0.3, 0.4) is 0 Å². The van der Waals surface area contributed by atoms with E-state index >= 15 is 0 Å². The van der Waals surface area contributed by atoms with Crippen molar-refractivity contribution in [1.29, 1.82) is 0 Å². The maximum atomic E-state index is 13.8. The number of nitro groups is 1. The van der Waals surface area contributed by atoms with Gasteiger partial charge in [-0.3, -0.25) is 10.1 Å². The van der Waals surface area contributed by atoms with E-state index in [0.717, 1.165) is 12.3 Å². The fourth-order valence-corrected chi connectivity index (χ4v) is 2.19. The van der Waals surface area contributed by atoms with Crippen molar-refractivity contribution >= 4 is 27.2 Å². The van der Waals surface area contributed by atoms with Gasteiger partial charge in [0.05, 0.1) is 22.4 Å². The van der Waals surface area contributed by atoms with E-state index in [-0.39, 0.29) is 18.0 Å². The second-order valence-electron chi connectivity index (χ2n) is 4.43. The Morgan fingerprint density at radius 1 is 1.48 bits per heavy atom. The number of carboxylic acids is 1. The summed E-state index contributed by atoms with van der Waals surface area (Å²) in [6, 6.07) is 1.33. The van der Waals surface area contributed by atoms with Crippen LogP contribution >= 0.6 is 0 Å². The van der Waals surface area contributed by atoms with E-state index in [0.29, 0.717) is 6.07 Å². The summed E-state index contributed by atoms with van der Waals surface area (Å²) in [5.74, 6) is -2.83. The highest BCUT2D eigenvalue weighted by Crippen LogP contribution is 2.28. The second kappa shape index (κ2) is 6.04. The van der Waals surface area contributed by atoms with Gasteiger partial charge in [-0.15, -0.1) is 0 Å². The number of halogens is 1. The monoisotopic (exact) mass is 320 g/mol. The van der Waals surface area contributed by atoms with Crippen molar-refractivity contribution in [3.05, 3.63) is 33.6 Å². The highest BCUT2D eigenvalue weighted by Gasteiger charge is 2.24. The Morgan fingerprint density at radius 2 is 2.05 bits per heavy atom. The average Bonchev–Trinajstić information content (AvgIpc) is 2.34. The molecule has 1 rings (SSSR count). The molecule has 116 valence electrons. The summed E-state index contributed by atoms with van der Waals surface area (Å²) in [5, 5.41) is 19.6. The Hall–Kier alpha value is -2.23. The molecular formula is C11H13FN2O6S. The second-order valence-corrected chi connectivity index (χ2v) is 6.69. The largest absolute Gasteiger partial charge is 0.477 e. The Bertz CT molecular complexity index is 688. The fraction of sp³-hybridized carbons (Fsp3) is 0.364. The first kappa shape index (κ1) is 16.8. The first-order valence-corrected chi connectivity index (χ1v) is 7.69. The van der Waals surface area contributed by atoms with E-state index in [2.05, 4.69) is 0 Å². The molecule has 0 bridgehead atoms. The number of benzene rings is 1. The molecule has 0 aliphatic carbocycles. The Labute approximate surface area is 119 Å². The van der Waals surface area contributed by atoms with Gasteiger partial charge < -0.3 is 10.0 Å². The van der Waals surface area contributed by atoms with E-state index in [1.54, 1.807) is 0 Å². The molecule has 8 nitrogen and oxygen atoms in total. The lowest BCUT2D eigenvalue weighted by Gasteiger charge is -2.19. The molecule has 0 heterocycles. The van der Waals surface area contributed by atoms with Gasteiger partial charge in [0.15, 0.2) is 5.82 Å². The number of hydrogen-bond acceptors (Lipinski definition) is 6. The molecule has 0 saturated heterocycles. The first-order valence-electron chi connectivity index (χ1n) is 5.63. The van der Waals surface area contributed by atoms with E-state index < -0.39 is 37.8 Å². The molecule has 1 aromatic carbocycles. The maximum absolute atomic E-state index is 13.8. The molecule has 0 amide bonds. The smallest absolute Gasteiger partial charge is 0.342 e. The van der Waals surface area contributed by atoms with E-state index in [4.69, 9.17) is 5.11 Å². The van der Waals surface area contributed by atoms with E-state index in [9.17, 15) is 27.7 Å². The van der Waals surface area contributed by atoms with Crippen LogP contribution in [0.4, 0.5) is 15.8 Å². The third kappa shape index (κ3) is 4.38. The van der Waals surface area contributed by atoms with Crippen molar-refractivity contribution in [3.8, 4) is 0 Å². The third-order valence-corrected chi connectivity index (χ3v) is 3.63. The fourth-order valence-electron chi connectivity index (χ4n) is 1.59. The molecule has 0 unspecified atom stereocenters. The average molecular weight is 320 g/mol. The Balaban J connectivity index is 3.22. The molecule has 0 fully saturated rings. The molecule has 10 heteroatoms. The van der Waals surface area contributed by atoms with Crippen molar-refractivity contribution in [3.63, 3.8) is 0 Å². The highest BCUT2D eigenvalue weighted by molar-refractivity contribution is 7.90. The van der Waals surface area contributed by atoms with Crippen molar-refractivity contribution in [2.45, 2.75) is 0 Å². The maximum Gasteiger partial charge on any atom is 0.342 e. The van der Waals surface area contributed by atoms with Crippen LogP contribution in [0.5, 0.6) is 0 Å². The number of anilines is 1. The van der Waals surface area contributed by atoms with Gasteiger partial charge in [0.25, 0.3) is 5.69 Å². The quantitative estimate of drug-likeness (QED) is 0.611. The van der Waals surface area contributed by atoms with Gasteiger partial charge in [-0.2, -0.15) is 0 Å². The van der Waals surface area contributed by atoms with E-state index in [1.165, 1.54) is 11.9 Å². The summed E-state index contributed by atoms with van der Waals surface area (Å²) in [5.41, 5.74) is -1.75. The molecular weight excluding hydrogens is 307 g/mol. The molecule has 0 atom stereocenters. The number of carboxylic acid groups (broad SMARTS) is 1. The van der Waals surface area contributed by atoms with Crippen LogP contribution in [0.25, 0.3) is 0 Å². The minimum absolute atomic E-state index is 0.0768. The number of rotatable bonds is 6. The topological polar surface area (TPSA) is 118 Å². The highest BCUT2D eigenvalue weighted by atomic mass is 32.2. The SMILES string of the molecule is CN(CCS(C)(=O)=O)c1cc(C(=O)O)c([N+](=O)[O-])cc1F. The number of nitrogens with zero attached hydrogens (tertiary/aromatic N) is 2. The molecule has 0 radical (unpaired) electrons. The third-order valence-electron chi connectivity index (χ3n) is 2.70. The van der Waals surface area contributed by atoms with Crippen molar-refractivity contribution < 1.29 is 27.6 Å². The van der Waals surface area contributed by atoms with E-state index in [1.807, 2.05) is 0 Å². The Morgan fingerprint density at radius 3 is 2.48 bits per heavy atom. The van der Waals surface area contributed by atoms with Crippen LogP contribution in [-0.4, -0.2) is 50.0 Å². The summed E-state index contributed by atoms with van der Waals surface area (Å²) >= 11 is 0. The van der Waals surface area contributed by atoms with Crippen molar-refractivity contribution in [2.24, 2.45) is 0 Å². The van der Waals surface area contributed by atoms with Gasteiger partial charge in [0.2, 0.25) is 0 Å². The zero-order valence-corrected chi connectivity index (χ0v) is 12.1. The molecule has 1 aromatic rings. The zero-order valence-electron chi connectivity index (χ0n) is 11.2. The summed E-state index contributed by atoms with van der Waals surface area (Å²) in [4.78, 5) is 21.9. The number of sulfone groups is 1. The zero-order chi connectivity index (χ0) is 16.4. The standard InChI is InChI=1S/C11H13FN2O6S/c1-13(3-4-21(2,19)20)10-5-7(11(15)16)9(14(17)18)6-8(10)12/h5-6H,3-4H2,1-2H3,(H,15,16).